The van der Waals surface area contributed by atoms with E-state index in [2.05, 4.69) is 10.0 Å². The molecule has 0 spiro atoms. The van der Waals surface area contributed by atoms with Gasteiger partial charge in [-0.1, -0.05) is 43.3 Å². The number of rotatable bonds is 6. The lowest BCUT2D eigenvalue weighted by Gasteiger charge is -2.14. The first-order valence-electron chi connectivity index (χ1n) is 7.72. The Labute approximate surface area is 143 Å². The van der Waals surface area contributed by atoms with Crippen molar-refractivity contribution in [3.05, 3.63) is 65.2 Å². The maximum absolute atomic E-state index is 12.4. The van der Waals surface area contributed by atoms with E-state index in [1.807, 2.05) is 37.3 Å². The molecule has 0 saturated heterocycles. The number of sulfonamides is 1. The molecular formula is C18H22N2O3S. The zero-order chi connectivity index (χ0) is 17.7. The number of hydrogen-bond acceptors (Lipinski definition) is 3. The Balaban J connectivity index is 2.14. The molecule has 0 aromatic heterocycles. The van der Waals surface area contributed by atoms with Gasteiger partial charge in [0.15, 0.2) is 0 Å². The lowest BCUT2D eigenvalue weighted by atomic mass is 10.0. The van der Waals surface area contributed by atoms with Gasteiger partial charge in [-0.25, -0.2) is 13.1 Å². The highest BCUT2D eigenvalue weighted by Gasteiger charge is 2.17. The molecule has 0 aliphatic rings. The van der Waals surface area contributed by atoms with E-state index >= 15 is 0 Å². The monoisotopic (exact) mass is 346 g/mol. The molecule has 2 aromatic rings. The molecule has 5 nitrogen and oxygen atoms in total. The first-order chi connectivity index (χ1) is 11.3. The highest BCUT2D eigenvalue weighted by molar-refractivity contribution is 7.89. The van der Waals surface area contributed by atoms with E-state index in [0.717, 1.165) is 11.1 Å². The molecular weight excluding hydrogens is 324 g/mol. The standard InChI is InChI=1S/C18H22N2O3S/c1-13-9-10-16(24(22,23)19-3)11-17(13)18(21)20-12-14(2)15-7-5-4-6-8-15/h4-11,14,19H,12H2,1-3H3,(H,20,21). The summed E-state index contributed by atoms with van der Waals surface area (Å²) < 4.78 is 26.0. The molecule has 0 saturated carbocycles. The Morgan fingerprint density at radius 1 is 1.12 bits per heavy atom. The molecule has 0 aliphatic heterocycles. The molecule has 6 heteroatoms. The van der Waals surface area contributed by atoms with Gasteiger partial charge in [0.1, 0.15) is 0 Å². The Bertz CT molecular complexity index is 817. The van der Waals surface area contributed by atoms with Crippen LogP contribution in [0.15, 0.2) is 53.4 Å². The normalized spacial score (nSPS) is 12.6. The zero-order valence-electron chi connectivity index (χ0n) is 14.0. The van der Waals surface area contributed by atoms with Gasteiger partial charge in [0.25, 0.3) is 5.91 Å². The average molecular weight is 346 g/mol. The van der Waals surface area contributed by atoms with Gasteiger partial charge in [0, 0.05) is 12.1 Å². The molecule has 1 unspecified atom stereocenters. The quantitative estimate of drug-likeness (QED) is 0.843. The van der Waals surface area contributed by atoms with Crippen LogP contribution in [0.3, 0.4) is 0 Å². The van der Waals surface area contributed by atoms with Crippen molar-refractivity contribution < 1.29 is 13.2 Å². The van der Waals surface area contributed by atoms with Crippen LogP contribution in [-0.4, -0.2) is 27.9 Å². The molecule has 0 heterocycles. The van der Waals surface area contributed by atoms with Crippen LogP contribution in [-0.2, 0) is 10.0 Å². The van der Waals surface area contributed by atoms with Crippen molar-refractivity contribution in [3.8, 4) is 0 Å². The Kier molecular flexibility index (Phi) is 5.75. The summed E-state index contributed by atoms with van der Waals surface area (Å²) in [7, 11) is -2.23. The number of aryl methyl sites for hydroxylation is 1. The smallest absolute Gasteiger partial charge is 0.251 e. The van der Waals surface area contributed by atoms with Gasteiger partial charge < -0.3 is 5.32 Å². The van der Waals surface area contributed by atoms with Crippen molar-refractivity contribution in [2.45, 2.75) is 24.7 Å². The number of nitrogens with one attached hydrogen (secondary N) is 2. The lowest BCUT2D eigenvalue weighted by Crippen LogP contribution is -2.28. The van der Waals surface area contributed by atoms with E-state index in [9.17, 15) is 13.2 Å². The molecule has 1 atom stereocenters. The Morgan fingerprint density at radius 3 is 2.42 bits per heavy atom. The minimum absolute atomic E-state index is 0.0804. The van der Waals surface area contributed by atoms with Crippen molar-refractivity contribution >= 4 is 15.9 Å². The molecule has 0 radical (unpaired) electrons. The van der Waals surface area contributed by atoms with Crippen LogP contribution in [0, 0.1) is 6.92 Å². The van der Waals surface area contributed by atoms with Gasteiger partial charge in [-0.3, -0.25) is 4.79 Å². The Hall–Kier alpha value is -2.18. The van der Waals surface area contributed by atoms with Gasteiger partial charge in [0.2, 0.25) is 10.0 Å². The second-order valence-corrected chi connectivity index (χ2v) is 7.59. The van der Waals surface area contributed by atoms with E-state index in [-0.39, 0.29) is 16.7 Å². The summed E-state index contributed by atoms with van der Waals surface area (Å²) in [5, 5.41) is 2.88. The van der Waals surface area contributed by atoms with E-state index in [0.29, 0.717) is 12.1 Å². The van der Waals surface area contributed by atoms with Gasteiger partial charge >= 0.3 is 0 Å². The fourth-order valence-corrected chi connectivity index (χ4v) is 3.13. The number of hydrogen-bond donors (Lipinski definition) is 2. The predicted octanol–water partition coefficient (Wildman–Crippen LogP) is 2.44. The second-order valence-electron chi connectivity index (χ2n) is 5.71. The van der Waals surface area contributed by atoms with Crippen molar-refractivity contribution in [1.29, 1.82) is 0 Å². The highest BCUT2D eigenvalue weighted by atomic mass is 32.2. The third-order valence-corrected chi connectivity index (χ3v) is 5.38. The first-order valence-corrected chi connectivity index (χ1v) is 9.21. The van der Waals surface area contributed by atoms with Crippen LogP contribution >= 0.6 is 0 Å². The topological polar surface area (TPSA) is 75.3 Å². The molecule has 128 valence electrons. The predicted molar refractivity (Wildman–Crippen MR) is 94.6 cm³/mol. The van der Waals surface area contributed by atoms with Crippen LogP contribution in [0.25, 0.3) is 0 Å². The number of carbonyl (C=O) groups is 1. The zero-order valence-corrected chi connectivity index (χ0v) is 14.9. The fraction of sp³-hybridized carbons (Fsp3) is 0.278. The summed E-state index contributed by atoms with van der Waals surface area (Å²) in [5.74, 6) is -0.108. The third kappa shape index (κ3) is 4.21. The molecule has 2 rings (SSSR count). The SMILES string of the molecule is CNS(=O)(=O)c1ccc(C)c(C(=O)NCC(C)c2ccccc2)c1. The molecule has 2 N–H and O–H groups in total. The van der Waals surface area contributed by atoms with Crippen LogP contribution < -0.4 is 10.0 Å². The first kappa shape index (κ1) is 18.2. The van der Waals surface area contributed by atoms with E-state index in [1.165, 1.54) is 19.2 Å². The van der Waals surface area contributed by atoms with Crippen LogP contribution in [0.1, 0.15) is 34.3 Å². The van der Waals surface area contributed by atoms with Gasteiger partial charge in [-0.2, -0.15) is 0 Å². The number of amides is 1. The molecule has 0 fully saturated rings. The number of carbonyl (C=O) groups excluding carboxylic acids is 1. The van der Waals surface area contributed by atoms with Crippen molar-refractivity contribution in [2.75, 3.05) is 13.6 Å². The van der Waals surface area contributed by atoms with Crippen molar-refractivity contribution in [2.24, 2.45) is 0 Å². The molecule has 24 heavy (non-hydrogen) atoms. The summed E-state index contributed by atoms with van der Waals surface area (Å²) in [6.45, 7) is 4.29. The van der Waals surface area contributed by atoms with Gasteiger partial charge in [0.05, 0.1) is 4.90 Å². The van der Waals surface area contributed by atoms with Gasteiger partial charge in [-0.05, 0) is 43.1 Å². The minimum Gasteiger partial charge on any atom is -0.351 e. The van der Waals surface area contributed by atoms with E-state index in [1.54, 1.807) is 13.0 Å². The largest absolute Gasteiger partial charge is 0.351 e. The second kappa shape index (κ2) is 7.59. The summed E-state index contributed by atoms with van der Waals surface area (Å²) in [5.41, 5.74) is 2.24. The molecule has 0 bridgehead atoms. The van der Waals surface area contributed by atoms with Crippen LogP contribution in [0.2, 0.25) is 0 Å². The van der Waals surface area contributed by atoms with Crippen molar-refractivity contribution in [1.82, 2.24) is 10.0 Å². The van der Waals surface area contributed by atoms with Gasteiger partial charge in [-0.15, -0.1) is 0 Å². The summed E-state index contributed by atoms with van der Waals surface area (Å²) in [6.07, 6.45) is 0. The summed E-state index contributed by atoms with van der Waals surface area (Å²) >= 11 is 0. The summed E-state index contributed by atoms with van der Waals surface area (Å²) in [4.78, 5) is 12.5. The minimum atomic E-state index is -3.58. The van der Waals surface area contributed by atoms with Crippen LogP contribution in [0.5, 0.6) is 0 Å². The van der Waals surface area contributed by atoms with E-state index < -0.39 is 10.0 Å². The maximum atomic E-state index is 12.4. The highest BCUT2D eigenvalue weighted by Crippen LogP contribution is 2.17. The average Bonchev–Trinajstić information content (AvgIpc) is 2.60. The lowest BCUT2D eigenvalue weighted by molar-refractivity contribution is 0.0951. The molecule has 2 aromatic carbocycles. The molecule has 1 amide bonds. The Morgan fingerprint density at radius 2 is 1.79 bits per heavy atom. The fourth-order valence-electron chi connectivity index (χ4n) is 2.37. The molecule has 0 aliphatic carbocycles. The third-order valence-electron chi connectivity index (χ3n) is 3.97. The van der Waals surface area contributed by atoms with Crippen molar-refractivity contribution in [3.63, 3.8) is 0 Å². The maximum Gasteiger partial charge on any atom is 0.251 e. The summed E-state index contributed by atoms with van der Waals surface area (Å²) in [6, 6.07) is 14.4. The number of benzene rings is 2. The van der Waals surface area contributed by atoms with Crippen LogP contribution in [0.4, 0.5) is 0 Å². The van der Waals surface area contributed by atoms with E-state index in [4.69, 9.17) is 0 Å².